The molecule has 3 nitrogen and oxygen atoms in total. The number of likely N-dealkylation sites (N-methyl/N-ethyl adjacent to an activating group) is 2. The van der Waals surface area contributed by atoms with Crippen molar-refractivity contribution in [2.75, 3.05) is 40.3 Å². The number of fused-ring (bicyclic) bond motifs is 1. The summed E-state index contributed by atoms with van der Waals surface area (Å²) >= 11 is 0. The van der Waals surface area contributed by atoms with Crippen molar-refractivity contribution in [3.63, 3.8) is 0 Å². The maximum Gasteiger partial charge on any atom is 0.0452 e. The van der Waals surface area contributed by atoms with Gasteiger partial charge in [-0.05, 0) is 51.7 Å². The van der Waals surface area contributed by atoms with Gasteiger partial charge in [0.1, 0.15) is 0 Å². The molecule has 1 aromatic rings. The first-order valence-corrected chi connectivity index (χ1v) is 7.81. The van der Waals surface area contributed by atoms with Gasteiger partial charge in [-0.1, -0.05) is 31.2 Å². The molecule has 0 spiro atoms. The van der Waals surface area contributed by atoms with Crippen molar-refractivity contribution in [2.45, 2.75) is 32.4 Å². The molecule has 3 heteroatoms. The van der Waals surface area contributed by atoms with Crippen LogP contribution in [0.4, 0.5) is 0 Å². The lowest BCUT2D eigenvalue weighted by atomic mass is 9.94. The lowest BCUT2D eigenvalue weighted by Crippen LogP contribution is -2.45. The highest BCUT2D eigenvalue weighted by Crippen LogP contribution is 2.24. The highest BCUT2D eigenvalue weighted by atomic mass is 15.2. The van der Waals surface area contributed by atoms with E-state index in [0.717, 1.165) is 32.6 Å². The molecule has 2 unspecified atom stereocenters. The maximum absolute atomic E-state index is 3.69. The fourth-order valence-corrected chi connectivity index (χ4v) is 3.25. The van der Waals surface area contributed by atoms with Crippen molar-refractivity contribution in [1.29, 1.82) is 0 Å². The zero-order valence-corrected chi connectivity index (χ0v) is 13.4. The molecule has 0 fully saturated rings. The molecule has 0 aromatic heterocycles. The number of benzene rings is 1. The van der Waals surface area contributed by atoms with Crippen LogP contribution in [-0.2, 0) is 6.42 Å². The highest BCUT2D eigenvalue weighted by molar-refractivity contribution is 5.32. The molecule has 2 rings (SSSR count). The molecule has 20 heavy (non-hydrogen) atoms. The minimum Gasteiger partial charge on any atom is -0.309 e. The molecule has 1 N–H and O–H groups in total. The van der Waals surface area contributed by atoms with Gasteiger partial charge < -0.3 is 10.2 Å². The first-order chi connectivity index (χ1) is 9.61. The topological polar surface area (TPSA) is 18.5 Å². The molecule has 0 saturated carbocycles. The van der Waals surface area contributed by atoms with Gasteiger partial charge in [0.25, 0.3) is 0 Å². The number of nitrogens with one attached hydrogen (secondary N) is 1. The Morgan fingerprint density at radius 1 is 1.30 bits per heavy atom. The smallest absolute Gasteiger partial charge is 0.0452 e. The van der Waals surface area contributed by atoms with E-state index in [2.05, 4.69) is 67.3 Å². The predicted octanol–water partition coefficient (Wildman–Crippen LogP) is 2.15. The van der Waals surface area contributed by atoms with Crippen LogP contribution in [0.3, 0.4) is 0 Å². The van der Waals surface area contributed by atoms with Gasteiger partial charge in [0.05, 0.1) is 0 Å². The first-order valence-electron chi connectivity index (χ1n) is 7.81. The largest absolute Gasteiger partial charge is 0.309 e. The average Bonchev–Trinajstić information content (AvgIpc) is 2.44. The monoisotopic (exact) mass is 275 g/mol. The fourth-order valence-electron chi connectivity index (χ4n) is 3.25. The van der Waals surface area contributed by atoms with E-state index < -0.39 is 0 Å². The van der Waals surface area contributed by atoms with Gasteiger partial charge in [0.2, 0.25) is 0 Å². The van der Waals surface area contributed by atoms with Gasteiger partial charge in [-0.15, -0.1) is 0 Å². The second kappa shape index (κ2) is 7.21. The second-order valence-corrected chi connectivity index (χ2v) is 6.15. The van der Waals surface area contributed by atoms with Gasteiger partial charge in [-0.25, -0.2) is 0 Å². The second-order valence-electron chi connectivity index (χ2n) is 6.15. The Hall–Kier alpha value is -0.900. The molecule has 1 aromatic carbocycles. The van der Waals surface area contributed by atoms with Crippen molar-refractivity contribution in [2.24, 2.45) is 0 Å². The normalized spacial score (nSPS) is 20.2. The summed E-state index contributed by atoms with van der Waals surface area (Å²) in [4.78, 5) is 4.86. The summed E-state index contributed by atoms with van der Waals surface area (Å²) in [6.07, 6.45) is 1.16. The molecular formula is C17H29N3. The van der Waals surface area contributed by atoms with E-state index in [1.54, 1.807) is 0 Å². The quantitative estimate of drug-likeness (QED) is 0.858. The Labute approximate surface area is 124 Å². The lowest BCUT2D eigenvalue weighted by Gasteiger charge is -2.35. The van der Waals surface area contributed by atoms with Crippen LogP contribution in [0.2, 0.25) is 0 Å². The SMILES string of the molecule is CCN(CC1NCCc2ccccc21)C(C)CN(C)C. The third kappa shape index (κ3) is 3.81. The van der Waals surface area contributed by atoms with Crippen LogP contribution in [0.1, 0.15) is 31.0 Å². The summed E-state index contributed by atoms with van der Waals surface area (Å²) in [6.45, 7) is 9.01. The summed E-state index contributed by atoms with van der Waals surface area (Å²) < 4.78 is 0. The van der Waals surface area contributed by atoms with Gasteiger partial charge >= 0.3 is 0 Å². The first kappa shape index (κ1) is 15.5. The van der Waals surface area contributed by atoms with Crippen LogP contribution < -0.4 is 5.32 Å². The van der Waals surface area contributed by atoms with Crippen molar-refractivity contribution in [3.05, 3.63) is 35.4 Å². The zero-order chi connectivity index (χ0) is 14.5. The number of hydrogen-bond donors (Lipinski definition) is 1. The van der Waals surface area contributed by atoms with Crippen molar-refractivity contribution in [3.8, 4) is 0 Å². The summed E-state index contributed by atoms with van der Waals surface area (Å²) in [5.41, 5.74) is 3.02. The van der Waals surface area contributed by atoms with Crippen LogP contribution in [-0.4, -0.2) is 56.1 Å². The molecule has 0 amide bonds. The Bertz CT molecular complexity index is 416. The highest BCUT2D eigenvalue weighted by Gasteiger charge is 2.23. The molecule has 0 bridgehead atoms. The molecule has 2 atom stereocenters. The van der Waals surface area contributed by atoms with Crippen molar-refractivity contribution < 1.29 is 0 Å². The summed E-state index contributed by atoms with van der Waals surface area (Å²) in [6, 6.07) is 9.96. The van der Waals surface area contributed by atoms with E-state index in [1.807, 2.05) is 0 Å². The van der Waals surface area contributed by atoms with Crippen LogP contribution >= 0.6 is 0 Å². The Morgan fingerprint density at radius 3 is 2.75 bits per heavy atom. The Kier molecular flexibility index (Phi) is 5.58. The van der Waals surface area contributed by atoms with Crippen molar-refractivity contribution in [1.82, 2.24) is 15.1 Å². The minimum atomic E-state index is 0.476. The standard InChI is InChI=1S/C17H29N3/c1-5-20(14(2)12-19(3)4)13-17-16-9-7-6-8-15(16)10-11-18-17/h6-9,14,17-18H,5,10-13H2,1-4H3. The third-order valence-electron chi connectivity index (χ3n) is 4.29. The Morgan fingerprint density at radius 2 is 2.05 bits per heavy atom. The molecule has 0 aliphatic carbocycles. The average molecular weight is 275 g/mol. The van der Waals surface area contributed by atoms with Crippen LogP contribution in [0, 0.1) is 0 Å². The molecule has 112 valence electrons. The fraction of sp³-hybridized carbons (Fsp3) is 0.647. The van der Waals surface area contributed by atoms with Gasteiger partial charge in [0.15, 0.2) is 0 Å². The van der Waals surface area contributed by atoms with Gasteiger partial charge in [-0.3, -0.25) is 4.90 Å². The van der Waals surface area contributed by atoms with Crippen LogP contribution in [0.5, 0.6) is 0 Å². The van der Waals surface area contributed by atoms with E-state index >= 15 is 0 Å². The van der Waals surface area contributed by atoms with Gasteiger partial charge in [-0.2, -0.15) is 0 Å². The number of nitrogens with zero attached hydrogens (tertiary/aromatic N) is 2. The molecule has 1 aliphatic rings. The predicted molar refractivity (Wildman–Crippen MR) is 86.2 cm³/mol. The molecule has 0 saturated heterocycles. The number of hydrogen-bond acceptors (Lipinski definition) is 3. The molecule has 1 heterocycles. The van der Waals surface area contributed by atoms with E-state index in [4.69, 9.17) is 0 Å². The van der Waals surface area contributed by atoms with E-state index in [0.29, 0.717) is 12.1 Å². The molecule has 0 radical (unpaired) electrons. The lowest BCUT2D eigenvalue weighted by molar-refractivity contribution is 0.163. The van der Waals surface area contributed by atoms with E-state index in [-0.39, 0.29) is 0 Å². The maximum atomic E-state index is 3.69. The summed E-state index contributed by atoms with van der Waals surface area (Å²) in [7, 11) is 4.30. The van der Waals surface area contributed by atoms with E-state index in [1.165, 1.54) is 11.1 Å². The molecular weight excluding hydrogens is 246 g/mol. The third-order valence-corrected chi connectivity index (χ3v) is 4.29. The van der Waals surface area contributed by atoms with Crippen molar-refractivity contribution >= 4 is 0 Å². The van der Waals surface area contributed by atoms with Crippen LogP contribution in [0.15, 0.2) is 24.3 Å². The van der Waals surface area contributed by atoms with E-state index in [9.17, 15) is 0 Å². The van der Waals surface area contributed by atoms with Gasteiger partial charge in [0, 0.05) is 25.2 Å². The minimum absolute atomic E-state index is 0.476. The summed E-state index contributed by atoms with van der Waals surface area (Å²) in [5.74, 6) is 0. The van der Waals surface area contributed by atoms with Crippen LogP contribution in [0.25, 0.3) is 0 Å². The summed E-state index contributed by atoms with van der Waals surface area (Å²) in [5, 5.41) is 3.69. The molecule has 1 aliphatic heterocycles. The Balaban J connectivity index is 2.05. The number of rotatable bonds is 6. The zero-order valence-electron chi connectivity index (χ0n) is 13.4.